The van der Waals surface area contributed by atoms with Gasteiger partial charge in [0, 0.05) is 45.8 Å². The standard InChI is InChI=1S/C19H30N4O2/c1-22(2)17-7-5-15(6-8-17)4-3-11-21-19(25)23-12-9-16(10-13-23)14-18(20)24/h5-8,16H,3-4,9-14H2,1-2H3,(H2,20,24)(H,21,25). The number of primary amides is 1. The van der Waals surface area contributed by atoms with Gasteiger partial charge in [0.25, 0.3) is 0 Å². The maximum atomic E-state index is 12.2. The Morgan fingerprint density at radius 1 is 1.20 bits per heavy atom. The van der Waals surface area contributed by atoms with E-state index in [0.29, 0.717) is 32.0 Å². The van der Waals surface area contributed by atoms with Crippen LogP contribution in [0.4, 0.5) is 10.5 Å². The molecule has 0 aliphatic carbocycles. The van der Waals surface area contributed by atoms with Crippen molar-refractivity contribution < 1.29 is 9.59 Å². The van der Waals surface area contributed by atoms with E-state index >= 15 is 0 Å². The Labute approximate surface area is 150 Å². The van der Waals surface area contributed by atoms with Crippen molar-refractivity contribution in [2.24, 2.45) is 11.7 Å². The van der Waals surface area contributed by atoms with Gasteiger partial charge in [-0.2, -0.15) is 0 Å². The van der Waals surface area contributed by atoms with Crippen LogP contribution in [0, 0.1) is 5.92 Å². The van der Waals surface area contributed by atoms with E-state index in [2.05, 4.69) is 34.5 Å². The van der Waals surface area contributed by atoms with Crippen molar-refractivity contribution in [2.45, 2.75) is 32.1 Å². The van der Waals surface area contributed by atoms with E-state index in [4.69, 9.17) is 5.73 Å². The molecule has 0 bridgehead atoms. The average Bonchev–Trinajstić information content (AvgIpc) is 2.59. The summed E-state index contributed by atoms with van der Waals surface area (Å²) in [5.41, 5.74) is 7.71. The lowest BCUT2D eigenvalue weighted by Gasteiger charge is -2.31. The van der Waals surface area contributed by atoms with Crippen LogP contribution in [-0.2, 0) is 11.2 Å². The summed E-state index contributed by atoms with van der Waals surface area (Å²) in [5.74, 6) is 0.0770. The van der Waals surface area contributed by atoms with Crippen LogP contribution in [0.1, 0.15) is 31.2 Å². The molecular weight excluding hydrogens is 316 g/mol. The van der Waals surface area contributed by atoms with E-state index in [1.54, 1.807) is 0 Å². The Kier molecular flexibility index (Phi) is 7.10. The number of nitrogens with two attached hydrogens (primary N) is 1. The highest BCUT2D eigenvalue weighted by molar-refractivity contribution is 5.75. The first-order valence-electron chi connectivity index (χ1n) is 9.03. The highest BCUT2D eigenvalue weighted by Crippen LogP contribution is 2.20. The number of anilines is 1. The first kappa shape index (κ1) is 19.1. The fraction of sp³-hybridized carbons (Fsp3) is 0.579. The fourth-order valence-corrected chi connectivity index (χ4v) is 3.19. The summed E-state index contributed by atoms with van der Waals surface area (Å²) in [7, 11) is 4.06. The number of aryl methyl sites for hydroxylation is 1. The SMILES string of the molecule is CN(C)c1ccc(CCCNC(=O)N2CCC(CC(N)=O)CC2)cc1. The molecular formula is C19H30N4O2. The van der Waals surface area contributed by atoms with Crippen LogP contribution < -0.4 is 16.0 Å². The molecule has 3 N–H and O–H groups in total. The second kappa shape index (κ2) is 9.30. The number of carbonyl (C=O) groups excluding carboxylic acids is 2. The molecule has 6 nitrogen and oxygen atoms in total. The minimum atomic E-state index is -0.249. The van der Waals surface area contributed by atoms with Gasteiger partial charge in [0.2, 0.25) is 5.91 Å². The first-order valence-corrected chi connectivity index (χ1v) is 9.03. The summed E-state index contributed by atoms with van der Waals surface area (Å²) in [6.07, 6.45) is 4.02. The quantitative estimate of drug-likeness (QED) is 0.741. The molecule has 6 heteroatoms. The first-order chi connectivity index (χ1) is 12.0. The molecule has 1 aromatic rings. The van der Waals surface area contributed by atoms with Gasteiger partial charge in [-0.1, -0.05) is 12.1 Å². The lowest BCUT2D eigenvalue weighted by atomic mass is 9.93. The molecule has 2 rings (SSSR count). The van der Waals surface area contributed by atoms with Crippen LogP contribution in [0.5, 0.6) is 0 Å². The molecule has 1 aromatic carbocycles. The molecule has 0 atom stereocenters. The predicted octanol–water partition coefficient (Wildman–Crippen LogP) is 1.98. The van der Waals surface area contributed by atoms with Crippen molar-refractivity contribution in [3.05, 3.63) is 29.8 Å². The molecule has 1 saturated heterocycles. The van der Waals surface area contributed by atoms with Crippen molar-refractivity contribution in [2.75, 3.05) is 38.6 Å². The molecule has 0 aromatic heterocycles. The number of hydrogen-bond acceptors (Lipinski definition) is 3. The van der Waals surface area contributed by atoms with Gasteiger partial charge in [0.05, 0.1) is 0 Å². The molecule has 1 aliphatic rings. The molecule has 0 spiro atoms. The van der Waals surface area contributed by atoms with Gasteiger partial charge in [-0.15, -0.1) is 0 Å². The number of carbonyl (C=O) groups is 2. The van der Waals surface area contributed by atoms with Crippen LogP contribution in [0.15, 0.2) is 24.3 Å². The van der Waals surface area contributed by atoms with Gasteiger partial charge in [0.1, 0.15) is 0 Å². The third-order valence-electron chi connectivity index (χ3n) is 4.76. The second-order valence-corrected chi connectivity index (χ2v) is 7.00. The minimum Gasteiger partial charge on any atom is -0.378 e. The van der Waals surface area contributed by atoms with Crippen molar-refractivity contribution in [1.82, 2.24) is 10.2 Å². The third-order valence-corrected chi connectivity index (χ3v) is 4.76. The fourth-order valence-electron chi connectivity index (χ4n) is 3.19. The predicted molar refractivity (Wildman–Crippen MR) is 101 cm³/mol. The highest BCUT2D eigenvalue weighted by atomic mass is 16.2. The summed E-state index contributed by atoms with van der Waals surface area (Å²) in [6.45, 7) is 2.08. The van der Waals surface area contributed by atoms with E-state index in [-0.39, 0.29) is 11.9 Å². The van der Waals surface area contributed by atoms with E-state index in [1.807, 2.05) is 19.0 Å². The molecule has 25 heavy (non-hydrogen) atoms. The van der Waals surface area contributed by atoms with Gasteiger partial charge < -0.3 is 20.9 Å². The maximum absolute atomic E-state index is 12.2. The van der Waals surface area contributed by atoms with Gasteiger partial charge >= 0.3 is 6.03 Å². The number of piperidine rings is 1. The second-order valence-electron chi connectivity index (χ2n) is 7.00. The zero-order valence-electron chi connectivity index (χ0n) is 15.3. The Bertz CT molecular complexity index is 563. The van der Waals surface area contributed by atoms with Gasteiger partial charge in [-0.3, -0.25) is 4.79 Å². The summed E-state index contributed by atoms with van der Waals surface area (Å²) in [5, 5.41) is 2.99. The average molecular weight is 346 g/mol. The number of rotatable bonds is 7. The normalized spacial score (nSPS) is 15.0. The molecule has 138 valence electrons. The van der Waals surface area contributed by atoms with Crippen molar-refractivity contribution in [3.8, 4) is 0 Å². The molecule has 3 amide bonds. The van der Waals surface area contributed by atoms with Gasteiger partial charge in [-0.05, 0) is 49.3 Å². The van der Waals surface area contributed by atoms with Crippen LogP contribution >= 0.6 is 0 Å². The Hall–Kier alpha value is -2.24. The monoisotopic (exact) mass is 346 g/mol. The van der Waals surface area contributed by atoms with E-state index in [1.165, 1.54) is 11.3 Å². The van der Waals surface area contributed by atoms with E-state index in [9.17, 15) is 9.59 Å². The summed E-state index contributed by atoms with van der Waals surface area (Å²) in [6, 6.07) is 8.51. The zero-order valence-corrected chi connectivity index (χ0v) is 15.3. The van der Waals surface area contributed by atoms with Crippen molar-refractivity contribution in [1.29, 1.82) is 0 Å². The molecule has 0 radical (unpaired) electrons. The molecule has 1 heterocycles. The summed E-state index contributed by atoms with van der Waals surface area (Å²) < 4.78 is 0. The molecule has 0 saturated carbocycles. The lowest BCUT2D eigenvalue weighted by Crippen LogP contribution is -2.45. The largest absolute Gasteiger partial charge is 0.378 e. The maximum Gasteiger partial charge on any atom is 0.317 e. The number of hydrogen-bond donors (Lipinski definition) is 2. The van der Waals surface area contributed by atoms with E-state index < -0.39 is 0 Å². The number of likely N-dealkylation sites (tertiary alicyclic amines) is 1. The number of amides is 3. The van der Waals surface area contributed by atoms with Gasteiger partial charge in [-0.25, -0.2) is 4.79 Å². The Balaban J connectivity index is 1.63. The molecule has 1 aliphatic heterocycles. The smallest absolute Gasteiger partial charge is 0.317 e. The Morgan fingerprint density at radius 2 is 1.84 bits per heavy atom. The minimum absolute atomic E-state index is 0.000445. The van der Waals surface area contributed by atoms with E-state index in [0.717, 1.165) is 25.7 Å². The van der Waals surface area contributed by atoms with Crippen LogP contribution in [0.3, 0.4) is 0 Å². The van der Waals surface area contributed by atoms with Crippen molar-refractivity contribution in [3.63, 3.8) is 0 Å². The lowest BCUT2D eigenvalue weighted by molar-refractivity contribution is -0.119. The Morgan fingerprint density at radius 3 is 2.40 bits per heavy atom. The number of benzene rings is 1. The van der Waals surface area contributed by atoms with Crippen molar-refractivity contribution >= 4 is 17.6 Å². The number of nitrogens with one attached hydrogen (secondary N) is 1. The summed E-state index contributed by atoms with van der Waals surface area (Å²) in [4.78, 5) is 27.0. The zero-order chi connectivity index (χ0) is 18.2. The molecule has 0 unspecified atom stereocenters. The summed E-state index contributed by atoms with van der Waals surface area (Å²) >= 11 is 0. The molecule has 1 fully saturated rings. The number of urea groups is 1. The van der Waals surface area contributed by atoms with Gasteiger partial charge in [0.15, 0.2) is 0 Å². The van der Waals surface area contributed by atoms with Crippen LogP contribution in [0.2, 0.25) is 0 Å². The van der Waals surface area contributed by atoms with Crippen LogP contribution in [-0.4, -0.2) is 50.6 Å². The van der Waals surface area contributed by atoms with Crippen LogP contribution in [0.25, 0.3) is 0 Å². The topological polar surface area (TPSA) is 78.7 Å². The third kappa shape index (κ3) is 6.29. The highest BCUT2D eigenvalue weighted by Gasteiger charge is 2.23. The number of nitrogens with zero attached hydrogens (tertiary/aromatic N) is 2.